The molecule has 2 aromatic carbocycles. The van der Waals surface area contributed by atoms with Crippen molar-refractivity contribution in [3.8, 4) is 11.5 Å². The van der Waals surface area contributed by atoms with Gasteiger partial charge in [-0.1, -0.05) is 39.1 Å². The quantitative estimate of drug-likeness (QED) is 0.403. The van der Waals surface area contributed by atoms with Gasteiger partial charge in [-0.15, -0.1) is 0 Å². The first-order valence-corrected chi connectivity index (χ1v) is 7.85. The Balaban J connectivity index is 2.45. The Hall–Kier alpha value is -0.550. The van der Waals surface area contributed by atoms with Crippen molar-refractivity contribution in [2.75, 3.05) is 0 Å². The molecule has 0 amide bonds. The smallest absolute Gasteiger partial charge is 0.163 e. The minimum absolute atomic E-state index is 0.0966. The van der Waals surface area contributed by atoms with E-state index in [2.05, 4.69) is 31.9 Å². The van der Waals surface area contributed by atoms with E-state index in [1.54, 1.807) is 30.3 Å². The van der Waals surface area contributed by atoms with Crippen molar-refractivity contribution in [3.05, 3.63) is 54.9 Å². The highest BCUT2D eigenvalue weighted by atomic mass is 79.9. The molecule has 0 unspecified atom stereocenters. The molecule has 0 aliphatic rings. The summed E-state index contributed by atoms with van der Waals surface area (Å²) in [6.07, 6.45) is 0. The second-order valence-corrected chi connectivity index (χ2v) is 6.58. The minimum atomic E-state index is -0.0966. The van der Waals surface area contributed by atoms with Gasteiger partial charge in [0, 0.05) is 15.0 Å². The Labute approximate surface area is 143 Å². The van der Waals surface area contributed by atoms with E-state index in [1.165, 1.54) is 6.92 Å². The van der Waals surface area contributed by atoms with Crippen molar-refractivity contribution >= 4 is 60.8 Å². The van der Waals surface area contributed by atoms with Gasteiger partial charge in [0.15, 0.2) is 5.78 Å². The fraction of sp³-hybridized carbons (Fsp3) is 0.0714. The third-order valence-electron chi connectivity index (χ3n) is 2.52. The maximum Gasteiger partial charge on any atom is 0.163 e. The zero-order valence-corrected chi connectivity index (χ0v) is 14.9. The highest BCUT2D eigenvalue weighted by Crippen LogP contribution is 2.37. The molecule has 2 rings (SSSR count). The van der Waals surface area contributed by atoms with Gasteiger partial charge in [0.25, 0.3) is 0 Å². The monoisotopic (exact) mass is 436 g/mol. The molecular weight excluding hydrogens is 431 g/mol. The van der Waals surface area contributed by atoms with Crippen molar-refractivity contribution in [2.24, 2.45) is 0 Å². The number of halogens is 4. The molecule has 0 N–H and O–H groups in total. The van der Waals surface area contributed by atoms with Gasteiger partial charge in [0.05, 0.1) is 15.6 Å². The van der Waals surface area contributed by atoms with E-state index >= 15 is 0 Å². The first-order valence-electron chi connectivity index (χ1n) is 5.51. The van der Waals surface area contributed by atoms with Crippen LogP contribution in [0.3, 0.4) is 0 Å². The molecule has 0 fully saturated rings. The third kappa shape index (κ3) is 3.55. The molecule has 0 aliphatic carbocycles. The molecule has 104 valence electrons. The molecule has 0 heterocycles. The first-order chi connectivity index (χ1) is 9.38. The van der Waals surface area contributed by atoms with Gasteiger partial charge in [0.1, 0.15) is 11.5 Å². The predicted molar refractivity (Wildman–Crippen MR) is 88.4 cm³/mol. The van der Waals surface area contributed by atoms with Crippen LogP contribution in [0.5, 0.6) is 11.5 Å². The van der Waals surface area contributed by atoms with Crippen molar-refractivity contribution in [1.29, 1.82) is 0 Å². The second kappa shape index (κ2) is 6.48. The van der Waals surface area contributed by atoms with Gasteiger partial charge in [-0.25, -0.2) is 0 Å². The number of ether oxygens (including phenoxy) is 1. The van der Waals surface area contributed by atoms with Gasteiger partial charge in [-0.05, 0) is 47.1 Å². The van der Waals surface area contributed by atoms with E-state index in [4.69, 9.17) is 27.9 Å². The van der Waals surface area contributed by atoms with E-state index in [9.17, 15) is 4.79 Å². The zero-order chi connectivity index (χ0) is 14.9. The van der Waals surface area contributed by atoms with E-state index in [1.807, 2.05) is 0 Å². The number of ketones is 1. The maximum atomic E-state index is 11.6. The summed E-state index contributed by atoms with van der Waals surface area (Å²) < 4.78 is 7.19. The first kappa shape index (κ1) is 15.8. The van der Waals surface area contributed by atoms with Crippen LogP contribution in [-0.2, 0) is 0 Å². The maximum absolute atomic E-state index is 11.6. The summed E-state index contributed by atoms with van der Waals surface area (Å²) in [6.45, 7) is 1.48. The van der Waals surface area contributed by atoms with Crippen LogP contribution in [0.25, 0.3) is 0 Å². The van der Waals surface area contributed by atoms with Gasteiger partial charge in [0.2, 0.25) is 0 Å². The zero-order valence-electron chi connectivity index (χ0n) is 10.2. The highest BCUT2D eigenvalue weighted by molar-refractivity contribution is 9.10. The Morgan fingerprint density at radius 3 is 2.40 bits per heavy atom. The number of rotatable bonds is 3. The van der Waals surface area contributed by atoms with Crippen LogP contribution in [-0.4, -0.2) is 5.78 Å². The number of benzene rings is 2. The molecule has 0 aromatic heterocycles. The molecule has 0 saturated carbocycles. The van der Waals surface area contributed by atoms with E-state index < -0.39 is 0 Å². The summed E-state index contributed by atoms with van der Waals surface area (Å²) in [5.41, 5.74) is 0.467. The standard InChI is InChI=1S/C14H8Br2Cl2O2/c1-7(19)9-4-8(15)2-3-13(9)20-14-6-11(17)10(16)5-12(14)18/h2-6H,1H3. The van der Waals surface area contributed by atoms with Crippen LogP contribution in [0, 0.1) is 0 Å². The van der Waals surface area contributed by atoms with Gasteiger partial charge in [-0.3, -0.25) is 4.79 Å². The Morgan fingerprint density at radius 1 is 1.05 bits per heavy atom. The van der Waals surface area contributed by atoms with Crippen LogP contribution < -0.4 is 4.74 Å². The largest absolute Gasteiger partial charge is 0.455 e. The molecule has 0 aliphatic heterocycles. The average Bonchev–Trinajstić information content (AvgIpc) is 2.37. The Bertz CT molecular complexity index is 687. The summed E-state index contributed by atoms with van der Waals surface area (Å²) in [5.74, 6) is 0.728. The number of hydrogen-bond acceptors (Lipinski definition) is 2. The third-order valence-corrected chi connectivity index (χ3v) is 4.50. The summed E-state index contributed by atoms with van der Waals surface area (Å²) in [4.78, 5) is 11.6. The lowest BCUT2D eigenvalue weighted by Gasteiger charge is -2.12. The molecule has 0 bridgehead atoms. The molecule has 20 heavy (non-hydrogen) atoms. The Kier molecular flexibility index (Phi) is 5.13. The fourth-order valence-electron chi connectivity index (χ4n) is 1.57. The molecule has 0 radical (unpaired) electrons. The van der Waals surface area contributed by atoms with E-state index in [0.29, 0.717) is 31.6 Å². The van der Waals surface area contributed by atoms with Crippen LogP contribution in [0.1, 0.15) is 17.3 Å². The topological polar surface area (TPSA) is 26.3 Å². The lowest BCUT2D eigenvalue weighted by molar-refractivity contribution is 0.101. The van der Waals surface area contributed by atoms with Crippen LogP contribution in [0.2, 0.25) is 10.0 Å². The average molecular weight is 439 g/mol. The lowest BCUT2D eigenvalue weighted by Crippen LogP contribution is -1.97. The summed E-state index contributed by atoms with van der Waals surface area (Å²) in [5, 5.41) is 0.879. The number of carbonyl (C=O) groups excluding carboxylic acids is 1. The fourth-order valence-corrected chi connectivity index (χ4v) is 2.76. The minimum Gasteiger partial charge on any atom is -0.455 e. The second-order valence-electron chi connectivity index (χ2n) is 4.00. The lowest BCUT2D eigenvalue weighted by atomic mass is 10.1. The number of Topliss-reactive ketones (excluding diaryl/α,β-unsaturated/α-hetero) is 1. The normalized spacial score (nSPS) is 10.4. The molecule has 2 nitrogen and oxygen atoms in total. The molecule has 0 atom stereocenters. The van der Waals surface area contributed by atoms with Gasteiger partial charge >= 0.3 is 0 Å². The van der Waals surface area contributed by atoms with Crippen LogP contribution in [0.15, 0.2) is 39.3 Å². The van der Waals surface area contributed by atoms with Crippen LogP contribution >= 0.6 is 55.1 Å². The molecule has 0 spiro atoms. The number of hydrogen-bond donors (Lipinski definition) is 0. The summed E-state index contributed by atoms with van der Waals surface area (Å²) in [7, 11) is 0. The van der Waals surface area contributed by atoms with E-state index in [-0.39, 0.29) is 5.78 Å². The van der Waals surface area contributed by atoms with Crippen molar-refractivity contribution in [1.82, 2.24) is 0 Å². The van der Waals surface area contributed by atoms with Gasteiger partial charge in [-0.2, -0.15) is 0 Å². The van der Waals surface area contributed by atoms with Gasteiger partial charge < -0.3 is 4.74 Å². The summed E-state index contributed by atoms with van der Waals surface area (Å²) >= 11 is 18.7. The van der Waals surface area contributed by atoms with Crippen LogP contribution in [0.4, 0.5) is 0 Å². The SMILES string of the molecule is CC(=O)c1cc(Br)ccc1Oc1cc(Cl)c(Br)cc1Cl. The molecule has 2 aromatic rings. The molecule has 0 saturated heterocycles. The number of carbonyl (C=O) groups is 1. The molecular formula is C14H8Br2Cl2O2. The van der Waals surface area contributed by atoms with E-state index in [0.717, 1.165) is 4.47 Å². The summed E-state index contributed by atoms with van der Waals surface area (Å²) in [6, 6.07) is 8.43. The predicted octanol–water partition coefficient (Wildman–Crippen LogP) is 6.51. The highest BCUT2D eigenvalue weighted by Gasteiger charge is 2.13. The Morgan fingerprint density at radius 2 is 1.75 bits per heavy atom. The van der Waals surface area contributed by atoms with Crippen molar-refractivity contribution in [2.45, 2.75) is 6.92 Å². The van der Waals surface area contributed by atoms with Crippen molar-refractivity contribution < 1.29 is 9.53 Å². The van der Waals surface area contributed by atoms with Crippen molar-refractivity contribution in [3.63, 3.8) is 0 Å². The molecule has 6 heteroatoms.